The highest BCUT2D eigenvalue weighted by molar-refractivity contribution is 6.01. The largest absolute Gasteiger partial charge is 0.478 e. The maximum absolute atomic E-state index is 12.6. The number of hydrogen-bond donors (Lipinski definition) is 1. The second kappa shape index (κ2) is 5.69. The van der Waals surface area contributed by atoms with Crippen LogP contribution >= 0.6 is 0 Å². The van der Waals surface area contributed by atoms with Crippen LogP contribution in [0.1, 0.15) is 20.8 Å². The van der Waals surface area contributed by atoms with E-state index in [0.29, 0.717) is 11.4 Å². The Morgan fingerprint density at radius 1 is 1.43 bits per heavy atom. The van der Waals surface area contributed by atoms with Gasteiger partial charge in [0.05, 0.1) is 10.6 Å². The van der Waals surface area contributed by atoms with Gasteiger partial charge in [0, 0.05) is 24.7 Å². The number of benzene rings is 1. The number of hydrogen-bond acceptors (Lipinski definition) is 5. The molecular formula is C14H19N3O4. The Labute approximate surface area is 122 Å². The molecule has 1 aromatic carbocycles. The molecular weight excluding hydrogens is 274 g/mol. The smallest absolute Gasteiger partial charge is 0.271 e. The van der Waals surface area contributed by atoms with Crippen molar-refractivity contribution in [2.45, 2.75) is 32.9 Å². The molecule has 0 radical (unpaired) electrons. The zero-order chi connectivity index (χ0) is 15.7. The molecule has 7 heteroatoms. The molecule has 0 saturated heterocycles. The van der Waals surface area contributed by atoms with E-state index in [2.05, 4.69) is 0 Å². The third kappa shape index (κ3) is 2.69. The van der Waals surface area contributed by atoms with Crippen LogP contribution in [0.25, 0.3) is 0 Å². The van der Waals surface area contributed by atoms with E-state index in [-0.39, 0.29) is 30.1 Å². The van der Waals surface area contributed by atoms with Gasteiger partial charge in [-0.25, -0.2) is 0 Å². The summed E-state index contributed by atoms with van der Waals surface area (Å²) in [6.07, 6.45) is -0.604. The predicted octanol–water partition coefficient (Wildman–Crippen LogP) is 1.69. The fraction of sp³-hybridized carbons (Fsp3) is 0.500. The molecule has 0 bridgehead atoms. The highest BCUT2D eigenvalue weighted by Crippen LogP contribution is 2.39. The number of nitrogens with zero attached hydrogens (tertiary/aromatic N) is 2. The number of ether oxygens (including phenoxy) is 1. The molecule has 2 rings (SSSR count). The Balaban J connectivity index is 2.54. The van der Waals surface area contributed by atoms with Crippen molar-refractivity contribution in [3.8, 4) is 5.75 Å². The molecule has 0 aliphatic carbocycles. The minimum atomic E-state index is -0.604. The Kier molecular flexibility index (Phi) is 4.13. The van der Waals surface area contributed by atoms with Gasteiger partial charge in [0.2, 0.25) is 0 Å². The summed E-state index contributed by atoms with van der Waals surface area (Å²) in [6, 6.07) is 4.00. The first-order valence-corrected chi connectivity index (χ1v) is 6.85. The third-order valence-electron chi connectivity index (χ3n) is 3.54. The summed E-state index contributed by atoms with van der Waals surface area (Å²) in [7, 11) is 0. The lowest BCUT2D eigenvalue weighted by molar-refractivity contribution is -0.384. The van der Waals surface area contributed by atoms with Crippen molar-refractivity contribution in [1.29, 1.82) is 0 Å². The Morgan fingerprint density at radius 2 is 2.10 bits per heavy atom. The second-order valence-corrected chi connectivity index (χ2v) is 5.48. The molecule has 7 nitrogen and oxygen atoms in total. The van der Waals surface area contributed by atoms with Gasteiger partial charge in [0.1, 0.15) is 5.75 Å². The zero-order valence-electron chi connectivity index (χ0n) is 12.3. The number of carbonyl (C=O) groups is 1. The number of carbonyl (C=O) groups excluding carboxylic acids is 1. The van der Waals surface area contributed by atoms with E-state index in [9.17, 15) is 14.9 Å². The average molecular weight is 293 g/mol. The lowest BCUT2D eigenvalue weighted by Crippen LogP contribution is -2.53. The maximum atomic E-state index is 12.6. The number of nitro groups is 1. The summed E-state index contributed by atoms with van der Waals surface area (Å²) in [4.78, 5) is 24.5. The number of non-ortho nitro benzene ring substituents is 1. The first kappa shape index (κ1) is 15.2. The van der Waals surface area contributed by atoms with Crippen molar-refractivity contribution in [2.75, 3.05) is 11.4 Å². The van der Waals surface area contributed by atoms with E-state index in [1.807, 2.05) is 20.8 Å². The molecule has 2 N–H and O–H groups in total. The van der Waals surface area contributed by atoms with E-state index >= 15 is 0 Å². The zero-order valence-corrected chi connectivity index (χ0v) is 12.3. The number of amides is 1. The van der Waals surface area contributed by atoms with Crippen LogP contribution in [-0.2, 0) is 4.79 Å². The van der Waals surface area contributed by atoms with Gasteiger partial charge in [-0.3, -0.25) is 14.9 Å². The number of anilines is 1. The van der Waals surface area contributed by atoms with Crippen molar-refractivity contribution < 1.29 is 14.5 Å². The standard InChI is InChI=1S/C14H19N3O4/c1-8(2)13-14(18)16(9(3)7-15)11-6-10(17(19)20)4-5-12(11)21-13/h4-6,8-9,13H,7,15H2,1-3H3. The van der Waals surface area contributed by atoms with Crippen LogP contribution in [0.4, 0.5) is 11.4 Å². The van der Waals surface area contributed by atoms with Gasteiger partial charge in [-0.2, -0.15) is 0 Å². The summed E-state index contributed by atoms with van der Waals surface area (Å²) in [5.74, 6) is 0.253. The molecule has 2 unspecified atom stereocenters. The van der Waals surface area contributed by atoms with Gasteiger partial charge < -0.3 is 15.4 Å². The van der Waals surface area contributed by atoms with Gasteiger partial charge in [-0.05, 0) is 18.9 Å². The quantitative estimate of drug-likeness (QED) is 0.672. The fourth-order valence-corrected chi connectivity index (χ4v) is 2.33. The van der Waals surface area contributed by atoms with Crippen molar-refractivity contribution in [1.82, 2.24) is 0 Å². The average Bonchev–Trinajstić information content (AvgIpc) is 2.44. The van der Waals surface area contributed by atoms with Crippen molar-refractivity contribution in [3.05, 3.63) is 28.3 Å². The Hall–Kier alpha value is -2.15. The summed E-state index contributed by atoms with van der Waals surface area (Å²) >= 11 is 0. The first-order valence-electron chi connectivity index (χ1n) is 6.85. The number of nitrogens with two attached hydrogens (primary N) is 1. The van der Waals surface area contributed by atoms with E-state index in [1.165, 1.54) is 23.1 Å². The number of fused-ring (bicyclic) bond motifs is 1. The molecule has 114 valence electrons. The molecule has 1 aliphatic heterocycles. The van der Waals surface area contributed by atoms with Crippen LogP contribution in [0, 0.1) is 16.0 Å². The van der Waals surface area contributed by atoms with E-state index in [4.69, 9.17) is 10.5 Å². The van der Waals surface area contributed by atoms with Crippen molar-refractivity contribution in [2.24, 2.45) is 11.7 Å². The van der Waals surface area contributed by atoms with Crippen LogP contribution in [0.3, 0.4) is 0 Å². The predicted molar refractivity (Wildman–Crippen MR) is 78.4 cm³/mol. The minimum Gasteiger partial charge on any atom is -0.478 e. The van der Waals surface area contributed by atoms with Crippen LogP contribution in [-0.4, -0.2) is 29.5 Å². The molecule has 0 aromatic heterocycles. The molecule has 1 heterocycles. The monoisotopic (exact) mass is 293 g/mol. The second-order valence-electron chi connectivity index (χ2n) is 5.48. The van der Waals surface area contributed by atoms with Crippen LogP contribution in [0.2, 0.25) is 0 Å². The van der Waals surface area contributed by atoms with Gasteiger partial charge in [0.15, 0.2) is 6.10 Å². The van der Waals surface area contributed by atoms with Gasteiger partial charge in [-0.15, -0.1) is 0 Å². The molecule has 0 spiro atoms. The summed E-state index contributed by atoms with van der Waals surface area (Å²) in [5.41, 5.74) is 6.00. The van der Waals surface area contributed by atoms with Gasteiger partial charge >= 0.3 is 0 Å². The third-order valence-corrected chi connectivity index (χ3v) is 3.54. The molecule has 1 aliphatic rings. The summed E-state index contributed by atoms with van der Waals surface area (Å²) in [5, 5.41) is 10.9. The van der Waals surface area contributed by atoms with E-state index in [1.54, 1.807) is 0 Å². The van der Waals surface area contributed by atoms with Crippen LogP contribution < -0.4 is 15.4 Å². The molecule has 0 fully saturated rings. The van der Waals surface area contributed by atoms with E-state index in [0.717, 1.165) is 0 Å². The normalized spacial score (nSPS) is 19.2. The van der Waals surface area contributed by atoms with Crippen LogP contribution in [0.5, 0.6) is 5.75 Å². The van der Waals surface area contributed by atoms with Crippen LogP contribution in [0.15, 0.2) is 18.2 Å². The highest BCUT2D eigenvalue weighted by atomic mass is 16.6. The summed E-state index contributed by atoms with van der Waals surface area (Å²) in [6.45, 7) is 5.86. The minimum absolute atomic E-state index is 0.00619. The summed E-state index contributed by atoms with van der Waals surface area (Å²) < 4.78 is 5.71. The molecule has 2 atom stereocenters. The number of nitro benzene ring substituents is 1. The first-order chi connectivity index (χ1) is 9.86. The van der Waals surface area contributed by atoms with Crippen molar-refractivity contribution in [3.63, 3.8) is 0 Å². The number of rotatable bonds is 4. The molecule has 0 saturated carbocycles. The highest BCUT2D eigenvalue weighted by Gasteiger charge is 2.39. The van der Waals surface area contributed by atoms with Crippen molar-refractivity contribution >= 4 is 17.3 Å². The molecule has 1 amide bonds. The van der Waals surface area contributed by atoms with E-state index < -0.39 is 11.0 Å². The lowest BCUT2D eigenvalue weighted by atomic mass is 10.0. The lowest BCUT2D eigenvalue weighted by Gasteiger charge is -2.38. The topological polar surface area (TPSA) is 98.7 Å². The molecule has 21 heavy (non-hydrogen) atoms. The SMILES string of the molecule is CC(C)C1Oc2ccc([N+](=O)[O-])cc2N(C(C)CN)C1=O. The fourth-order valence-electron chi connectivity index (χ4n) is 2.33. The Morgan fingerprint density at radius 3 is 2.62 bits per heavy atom. The maximum Gasteiger partial charge on any atom is 0.271 e. The van der Waals surface area contributed by atoms with Gasteiger partial charge in [0.25, 0.3) is 11.6 Å². The Bertz CT molecular complexity index is 573. The van der Waals surface area contributed by atoms with Gasteiger partial charge in [-0.1, -0.05) is 13.8 Å². The molecule has 1 aromatic rings.